The molecule has 1 N–H and O–H groups in total. The standard InChI is InChI=1S/C28H27N3O2.C10H18O.C2H6/c1-5-18(3)27(32)20-8-10-22(11-9-20)30-28(33)24-15-25(21-7-6-12-29-16-21)31-26-19(4)13-17(2)14-23(24)26;1-5-7-10(9(3)4)11-8-6-2;1-2/h6-16,18H,5H2,1-4H3,(H,30,33);6,8H,5,7H2,1-4H3;1-2H3/b;8-6-;/t18-;;/m1../s1. The Morgan fingerprint density at radius 3 is 2.26 bits per heavy atom. The average Bonchev–Trinajstić information content (AvgIpc) is 3.07. The van der Waals surface area contributed by atoms with Crippen LogP contribution in [0.1, 0.15) is 106 Å². The van der Waals surface area contributed by atoms with Crippen molar-refractivity contribution in [1.82, 2.24) is 9.97 Å². The smallest absolute Gasteiger partial charge is 0.256 e. The lowest BCUT2D eigenvalue weighted by Crippen LogP contribution is -2.14. The van der Waals surface area contributed by atoms with Gasteiger partial charge in [-0.15, -0.1) is 0 Å². The second kappa shape index (κ2) is 19.1. The molecule has 0 aliphatic rings. The Morgan fingerprint density at radius 1 is 1.00 bits per heavy atom. The number of amides is 1. The van der Waals surface area contributed by atoms with Crippen molar-refractivity contribution in [3.63, 3.8) is 0 Å². The first-order valence-electron chi connectivity index (χ1n) is 16.3. The number of carbonyl (C=O) groups is 2. The molecule has 0 saturated carbocycles. The van der Waals surface area contributed by atoms with Crippen LogP contribution >= 0.6 is 0 Å². The predicted molar refractivity (Wildman–Crippen MR) is 193 cm³/mol. The quantitative estimate of drug-likeness (QED) is 0.141. The number of aromatic nitrogens is 2. The highest BCUT2D eigenvalue weighted by atomic mass is 16.5. The van der Waals surface area contributed by atoms with Crippen molar-refractivity contribution >= 4 is 28.3 Å². The van der Waals surface area contributed by atoms with Crippen molar-refractivity contribution in [2.45, 2.75) is 88.5 Å². The maximum atomic E-state index is 13.4. The van der Waals surface area contributed by atoms with Gasteiger partial charge in [-0.25, -0.2) is 4.98 Å². The number of benzene rings is 2. The predicted octanol–water partition coefficient (Wildman–Crippen LogP) is 11.1. The Morgan fingerprint density at radius 2 is 1.70 bits per heavy atom. The van der Waals surface area contributed by atoms with E-state index in [0.29, 0.717) is 22.5 Å². The summed E-state index contributed by atoms with van der Waals surface area (Å²) in [6.45, 7) is 20.2. The Bertz CT molecular complexity index is 1630. The summed E-state index contributed by atoms with van der Waals surface area (Å²) in [5.41, 5.74) is 7.52. The van der Waals surface area contributed by atoms with Crippen molar-refractivity contribution in [2.24, 2.45) is 5.92 Å². The minimum atomic E-state index is -0.224. The minimum Gasteiger partial charge on any atom is -0.470 e. The molecule has 0 bridgehead atoms. The van der Waals surface area contributed by atoms with Crippen LogP contribution in [0.25, 0.3) is 22.2 Å². The number of pyridine rings is 2. The van der Waals surface area contributed by atoms with Gasteiger partial charge in [0.2, 0.25) is 0 Å². The molecule has 6 heteroatoms. The zero-order chi connectivity index (χ0) is 34.2. The lowest BCUT2D eigenvalue weighted by Gasteiger charge is -2.13. The number of ether oxygens (including phenoxy) is 1. The molecule has 6 nitrogen and oxygen atoms in total. The number of hydrogen-bond donors (Lipinski definition) is 1. The second-order valence-corrected chi connectivity index (χ2v) is 11.2. The third-order valence-corrected chi connectivity index (χ3v) is 7.32. The molecular weight excluding hydrogens is 570 g/mol. The number of carbonyl (C=O) groups excluding carboxylic acids is 2. The number of nitrogens with zero attached hydrogens (tertiary/aromatic N) is 2. The first-order valence-corrected chi connectivity index (χ1v) is 16.3. The van der Waals surface area contributed by atoms with Crippen LogP contribution in [-0.2, 0) is 4.74 Å². The molecule has 244 valence electrons. The Kier molecular flexibility index (Phi) is 15.6. The molecule has 4 aromatic rings. The molecule has 0 radical (unpaired) electrons. The molecular formula is C40H51N3O3. The number of rotatable bonds is 10. The summed E-state index contributed by atoms with van der Waals surface area (Å²) in [5, 5.41) is 3.79. The SMILES string of the molecule is C/C=C\OC(CCC)=C(C)C.CC.CC[C@@H](C)C(=O)c1ccc(NC(=O)c2cc(-c3cccnc3)nc3c(C)cc(C)cc23)cc1. The van der Waals surface area contributed by atoms with Crippen molar-refractivity contribution in [3.05, 3.63) is 113 Å². The number of nitrogens with one attached hydrogen (secondary N) is 1. The number of allylic oxidation sites excluding steroid dienone is 3. The van der Waals surface area contributed by atoms with E-state index < -0.39 is 0 Å². The van der Waals surface area contributed by atoms with Crippen LogP contribution < -0.4 is 5.32 Å². The van der Waals surface area contributed by atoms with Crippen molar-refractivity contribution in [2.75, 3.05) is 5.32 Å². The van der Waals surface area contributed by atoms with Gasteiger partial charge in [-0.1, -0.05) is 52.3 Å². The fourth-order valence-corrected chi connectivity index (χ4v) is 4.72. The minimum absolute atomic E-state index is 0.0222. The zero-order valence-electron chi connectivity index (χ0n) is 29.3. The van der Waals surface area contributed by atoms with E-state index in [2.05, 4.69) is 37.1 Å². The molecule has 1 amide bonds. The number of hydrogen-bond acceptors (Lipinski definition) is 5. The molecule has 0 unspecified atom stereocenters. The van der Waals surface area contributed by atoms with Crippen LogP contribution in [0.5, 0.6) is 0 Å². The maximum absolute atomic E-state index is 13.4. The van der Waals surface area contributed by atoms with Gasteiger partial charge in [0.05, 0.1) is 23.0 Å². The van der Waals surface area contributed by atoms with Gasteiger partial charge < -0.3 is 10.1 Å². The first kappa shape index (κ1) is 37.6. The summed E-state index contributed by atoms with van der Waals surface area (Å²) in [4.78, 5) is 34.8. The van der Waals surface area contributed by atoms with Crippen LogP contribution in [0.4, 0.5) is 5.69 Å². The summed E-state index contributed by atoms with van der Waals surface area (Å²) in [7, 11) is 0. The Hall–Kier alpha value is -4.58. The largest absolute Gasteiger partial charge is 0.470 e. The summed E-state index contributed by atoms with van der Waals surface area (Å²) in [5.74, 6) is 0.970. The van der Waals surface area contributed by atoms with E-state index in [4.69, 9.17) is 9.72 Å². The highest BCUT2D eigenvalue weighted by Crippen LogP contribution is 2.28. The average molecular weight is 622 g/mol. The van der Waals surface area contributed by atoms with E-state index in [1.807, 2.05) is 78.8 Å². The molecule has 0 fully saturated rings. The van der Waals surface area contributed by atoms with Gasteiger partial charge in [0.15, 0.2) is 5.78 Å². The zero-order valence-corrected chi connectivity index (χ0v) is 29.3. The molecule has 2 heterocycles. The molecule has 46 heavy (non-hydrogen) atoms. The number of Topliss-reactive ketones (excluding diaryl/α,β-unsaturated/α-hetero) is 1. The van der Waals surface area contributed by atoms with Crippen LogP contribution in [0.2, 0.25) is 0 Å². The highest BCUT2D eigenvalue weighted by molar-refractivity contribution is 6.13. The van der Waals surface area contributed by atoms with E-state index in [1.165, 1.54) is 5.57 Å². The summed E-state index contributed by atoms with van der Waals surface area (Å²) >= 11 is 0. The van der Waals surface area contributed by atoms with Gasteiger partial charge >= 0.3 is 0 Å². The normalized spacial score (nSPS) is 11.1. The molecule has 0 aliphatic heterocycles. The fourth-order valence-electron chi connectivity index (χ4n) is 4.72. The van der Waals surface area contributed by atoms with E-state index in [0.717, 1.165) is 52.6 Å². The monoisotopic (exact) mass is 621 g/mol. The Labute approximate surface area is 276 Å². The number of ketones is 1. The number of anilines is 1. The van der Waals surface area contributed by atoms with Crippen LogP contribution in [0.15, 0.2) is 90.7 Å². The Balaban J connectivity index is 0.000000482. The molecule has 2 aromatic heterocycles. The summed E-state index contributed by atoms with van der Waals surface area (Å²) < 4.78 is 5.39. The summed E-state index contributed by atoms with van der Waals surface area (Å²) in [6, 6.07) is 16.7. The van der Waals surface area contributed by atoms with Gasteiger partial charge in [0.1, 0.15) is 5.76 Å². The van der Waals surface area contributed by atoms with Crippen LogP contribution in [0, 0.1) is 19.8 Å². The summed E-state index contributed by atoms with van der Waals surface area (Å²) in [6.07, 6.45) is 10.1. The third-order valence-electron chi connectivity index (χ3n) is 7.32. The van der Waals surface area contributed by atoms with Crippen LogP contribution in [-0.4, -0.2) is 21.7 Å². The second-order valence-electron chi connectivity index (χ2n) is 11.2. The van der Waals surface area contributed by atoms with E-state index in [-0.39, 0.29) is 17.6 Å². The van der Waals surface area contributed by atoms with Gasteiger partial charge in [-0.05, 0) is 107 Å². The van der Waals surface area contributed by atoms with E-state index in [1.54, 1.807) is 42.9 Å². The van der Waals surface area contributed by atoms with Gasteiger partial charge in [-0.2, -0.15) is 0 Å². The number of aryl methyl sites for hydroxylation is 2. The lowest BCUT2D eigenvalue weighted by atomic mass is 9.97. The lowest BCUT2D eigenvalue weighted by molar-refractivity contribution is 0.0927. The highest BCUT2D eigenvalue weighted by Gasteiger charge is 2.17. The third kappa shape index (κ3) is 10.5. The molecule has 0 spiro atoms. The van der Waals surface area contributed by atoms with E-state index >= 15 is 0 Å². The molecule has 4 rings (SSSR count). The molecule has 0 saturated heterocycles. The molecule has 1 atom stereocenters. The molecule has 0 aliphatic carbocycles. The van der Waals surface area contributed by atoms with Crippen molar-refractivity contribution in [1.29, 1.82) is 0 Å². The van der Waals surface area contributed by atoms with Crippen LogP contribution in [0.3, 0.4) is 0 Å². The van der Waals surface area contributed by atoms with Gasteiger partial charge in [-0.3, -0.25) is 14.6 Å². The van der Waals surface area contributed by atoms with Gasteiger partial charge in [0, 0.05) is 46.9 Å². The fraction of sp³-hybridized carbons (Fsp3) is 0.350. The first-order chi connectivity index (χ1) is 22.1. The van der Waals surface area contributed by atoms with E-state index in [9.17, 15) is 9.59 Å². The number of fused-ring (bicyclic) bond motifs is 1. The topological polar surface area (TPSA) is 81.2 Å². The van der Waals surface area contributed by atoms with Crippen molar-refractivity contribution < 1.29 is 14.3 Å². The van der Waals surface area contributed by atoms with Gasteiger partial charge in [0.25, 0.3) is 5.91 Å². The van der Waals surface area contributed by atoms with Crippen molar-refractivity contribution in [3.8, 4) is 11.3 Å². The molecule has 2 aromatic carbocycles. The maximum Gasteiger partial charge on any atom is 0.256 e.